The number of amides is 4. The highest BCUT2D eigenvalue weighted by molar-refractivity contribution is 6.08. The summed E-state index contributed by atoms with van der Waals surface area (Å²) in [6.45, 7) is 3.37. The highest BCUT2D eigenvalue weighted by Gasteiger charge is 2.49. The Kier molecular flexibility index (Phi) is 6.10. The third kappa shape index (κ3) is 4.21. The van der Waals surface area contributed by atoms with Crippen molar-refractivity contribution in [2.24, 2.45) is 11.8 Å². The van der Waals surface area contributed by atoms with Crippen LogP contribution in [0.4, 0.5) is 4.39 Å². The zero-order valence-corrected chi connectivity index (χ0v) is 16.4. The number of carbonyl (C=O) groups is 4. The van der Waals surface area contributed by atoms with E-state index in [1.165, 1.54) is 19.1 Å². The van der Waals surface area contributed by atoms with Crippen molar-refractivity contribution in [1.82, 2.24) is 15.5 Å². The van der Waals surface area contributed by atoms with Gasteiger partial charge in [-0.1, -0.05) is 18.2 Å². The molecule has 1 aromatic carbocycles. The molecule has 8 heteroatoms. The van der Waals surface area contributed by atoms with Crippen LogP contribution >= 0.6 is 0 Å². The number of allylic oxidation sites excluding steroid dienone is 2. The number of likely N-dealkylation sites (tertiary alicyclic amines) is 1. The van der Waals surface area contributed by atoms with E-state index in [2.05, 4.69) is 10.6 Å². The van der Waals surface area contributed by atoms with Crippen LogP contribution in [0.25, 0.3) is 0 Å². The van der Waals surface area contributed by atoms with Crippen molar-refractivity contribution in [1.29, 1.82) is 0 Å². The van der Waals surface area contributed by atoms with Crippen molar-refractivity contribution in [3.8, 4) is 0 Å². The number of imide groups is 1. The van der Waals surface area contributed by atoms with Gasteiger partial charge in [0.1, 0.15) is 11.9 Å². The molecule has 2 N–H and O–H groups in total. The monoisotopic (exact) mass is 401 g/mol. The first-order valence-corrected chi connectivity index (χ1v) is 9.65. The normalized spacial score (nSPS) is 21.7. The van der Waals surface area contributed by atoms with Gasteiger partial charge >= 0.3 is 0 Å². The molecule has 4 amide bonds. The van der Waals surface area contributed by atoms with E-state index in [0.717, 1.165) is 11.0 Å². The van der Waals surface area contributed by atoms with Crippen molar-refractivity contribution in [3.05, 3.63) is 47.3 Å². The minimum atomic E-state index is -0.914. The summed E-state index contributed by atoms with van der Waals surface area (Å²) in [7, 11) is 0. The topological polar surface area (TPSA) is 95.6 Å². The lowest BCUT2D eigenvalue weighted by atomic mass is 9.85. The van der Waals surface area contributed by atoms with Crippen LogP contribution in [0.3, 0.4) is 0 Å². The van der Waals surface area contributed by atoms with Crippen LogP contribution in [0.5, 0.6) is 0 Å². The maximum absolute atomic E-state index is 13.5. The zero-order chi connectivity index (χ0) is 21.1. The highest BCUT2D eigenvalue weighted by atomic mass is 19.1. The van der Waals surface area contributed by atoms with Gasteiger partial charge in [-0.2, -0.15) is 0 Å². The lowest BCUT2D eigenvalue weighted by Crippen LogP contribution is -2.49. The Labute approximate surface area is 168 Å². The summed E-state index contributed by atoms with van der Waals surface area (Å²) in [4.78, 5) is 50.5. The molecule has 1 saturated heterocycles. The molecule has 0 saturated carbocycles. The molecule has 154 valence electrons. The Morgan fingerprint density at radius 1 is 1.10 bits per heavy atom. The van der Waals surface area contributed by atoms with Gasteiger partial charge < -0.3 is 10.6 Å². The van der Waals surface area contributed by atoms with Gasteiger partial charge in [0.15, 0.2) is 0 Å². The van der Waals surface area contributed by atoms with Gasteiger partial charge in [-0.3, -0.25) is 24.1 Å². The quantitative estimate of drug-likeness (QED) is 0.427. The summed E-state index contributed by atoms with van der Waals surface area (Å²) < 4.78 is 13.5. The van der Waals surface area contributed by atoms with Gasteiger partial charge in [0.2, 0.25) is 17.7 Å². The molecular weight excluding hydrogens is 377 g/mol. The van der Waals surface area contributed by atoms with E-state index in [1.807, 2.05) is 12.2 Å². The van der Waals surface area contributed by atoms with E-state index >= 15 is 0 Å². The van der Waals surface area contributed by atoms with Gasteiger partial charge in [-0.25, -0.2) is 4.39 Å². The molecule has 1 fully saturated rings. The molecule has 29 heavy (non-hydrogen) atoms. The summed E-state index contributed by atoms with van der Waals surface area (Å²) in [6.07, 6.45) is 4.82. The minimum absolute atomic E-state index is 0.119. The molecule has 3 atom stereocenters. The van der Waals surface area contributed by atoms with Crippen molar-refractivity contribution in [3.63, 3.8) is 0 Å². The lowest BCUT2D eigenvalue weighted by molar-refractivity contribution is -0.147. The van der Waals surface area contributed by atoms with Gasteiger partial charge in [0.25, 0.3) is 5.91 Å². The Balaban J connectivity index is 1.48. The average Bonchev–Trinajstić information content (AvgIpc) is 2.97. The molecule has 0 radical (unpaired) electrons. The summed E-state index contributed by atoms with van der Waals surface area (Å²) in [5.74, 6) is -2.74. The van der Waals surface area contributed by atoms with Crippen LogP contribution < -0.4 is 10.6 Å². The molecule has 0 bridgehead atoms. The third-order valence-electron chi connectivity index (χ3n) is 5.45. The van der Waals surface area contributed by atoms with Crippen molar-refractivity contribution in [2.45, 2.75) is 32.7 Å². The van der Waals surface area contributed by atoms with Crippen LogP contribution in [0.1, 0.15) is 35.7 Å². The smallest absolute Gasteiger partial charge is 0.251 e. The molecule has 1 heterocycles. The Hall–Kier alpha value is -3.03. The second kappa shape index (κ2) is 8.55. The number of fused-ring (bicyclic) bond motifs is 1. The predicted molar refractivity (Wildman–Crippen MR) is 103 cm³/mol. The predicted octanol–water partition coefficient (Wildman–Crippen LogP) is 1.32. The van der Waals surface area contributed by atoms with Crippen LogP contribution in [-0.2, 0) is 14.4 Å². The van der Waals surface area contributed by atoms with E-state index < -0.39 is 23.7 Å². The van der Waals surface area contributed by atoms with Crippen molar-refractivity contribution < 1.29 is 23.6 Å². The molecule has 0 spiro atoms. The summed E-state index contributed by atoms with van der Waals surface area (Å²) >= 11 is 0. The maximum Gasteiger partial charge on any atom is 0.251 e. The van der Waals surface area contributed by atoms with E-state index in [1.54, 1.807) is 6.92 Å². The molecule has 1 aliphatic carbocycles. The van der Waals surface area contributed by atoms with Gasteiger partial charge in [0.05, 0.1) is 11.8 Å². The van der Waals surface area contributed by atoms with Gasteiger partial charge in [0, 0.05) is 18.7 Å². The standard InChI is InChI=1S/C21H24FN3O4/c1-12-7-8-14(11-17(12)22)19(27)24-10-9-23-18(26)13(2)25-20(28)15-5-3-4-6-16(15)21(25)29/h3-4,7-8,11,13,15-16H,5-6,9-10H2,1-2H3,(H,23,26)(H,24,27). The zero-order valence-electron chi connectivity index (χ0n) is 16.4. The molecular formula is C21H24FN3O4. The van der Waals surface area contributed by atoms with Crippen molar-refractivity contribution in [2.75, 3.05) is 13.1 Å². The second-order valence-corrected chi connectivity index (χ2v) is 7.39. The number of halogens is 1. The molecule has 1 aliphatic heterocycles. The van der Waals surface area contributed by atoms with Gasteiger partial charge in [-0.05, 0) is 44.4 Å². The van der Waals surface area contributed by atoms with E-state index in [9.17, 15) is 23.6 Å². The molecule has 0 aromatic heterocycles. The van der Waals surface area contributed by atoms with Crippen LogP contribution in [0.15, 0.2) is 30.4 Å². The summed E-state index contributed by atoms with van der Waals surface area (Å²) in [5.41, 5.74) is 0.640. The number of nitrogens with zero attached hydrogens (tertiary/aromatic N) is 1. The fourth-order valence-electron chi connectivity index (χ4n) is 3.67. The van der Waals surface area contributed by atoms with E-state index in [-0.39, 0.29) is 42.3 Å². The number of rotatable bonds is 6. The van der Waals surface area contributed by atoms with E-state index in [0.29, 0.717) is 18.4 Å². The fraction of sp³-hybridized carbons (Fsp3) is 0.429. The Bertz CT molecular complexity index is 857. The summed E-state index contributed by atoms with van der Waals surface area (Å²) in [5, 5.41) is 5.21. The second-order valence-electron chi connectivity index (χ2n) is 7.39. The molecule has 1 aromatic rings. The highest BCUT2D eigenvalue weighted by Crippen LogP contribution is 2.36. The van der Waals surface area contributed by atoms with Crippen molar-refractivity contribution >= 4 is 23.6 Å². The first-order valence-electron chi connectivity index (χ1n) is 9.65. The lowest BCUT2D eigenvalue weighted by Gasteiger charge is -2.22. The number of carbonyl (C=O) groups excluding carboxylic acids is 4. The molecule has 7 nitrogen and oxygen atoms in total. The minimum Gasteiger partial charge on any atom is -0.353 e. The molecule has 3 rings (SSSR count). The maximum atomic E-state index is 13.5. The molecule has 3 unspecified atom stereocenters. The van der Waals surface area contributed by atoms with Crippen LogP contribution in [0.2, 0.25) is 0 Å². The summed E-state index contributed by atoms with van der Waals surface area (Å²) in [6, 6.07) is 3.28. The van der Waals surface area contributed by atoms with Crippen LogP contribution in [-0.4, -0.2) is 47.7 Å². The number of benzene rings is 1. The fourth-order valence-corrected chi connectivity index (χ4v) is 3.67. The van der Waals surface area contributed by atoms with Crippen LogP contribution in [0, 0.1) is 24.6 Å². The SMILES string of the molecule is Cc1ccc(C(=O)NCCNC(=O)C(C)N2C(=O)C3CC=CCC3C2=O)cc1F. The number of aryl methyl sites for hydroxylation is 1. The number of hydrogen-bond acceptors (Lipinski definition) is 4. The number of nitrogens with one attached hydrogen (secondary N) is 2. The van der Waals surface area contributed by atoms with Gasteiger partial charge in [-0.15, -0.1) is 0 Å². The largest absolute Gasteiger partial charge is 0.353 e. The first kappa shape index (κ1) is 20.7. The first-order chi connectivity index (χ1) is 13.8. The average molecular weight is 401 g/mol. The Morgan fingerprint density at radius 2 is 1.69 bits per heavy atom. The van der Waals surface area contributed by atoms with E-state index in [4.69, 9.17) is 0 Å². The molecule has 2 aliphatic rings. The third-order valence-corrected chi connectivity index (χ3v) is 5.45. The number of hydrogen-bond donors (Lipinski definition) is 2. The Morgan fingerprint density at radius 3 is 2.28 bits per heavy atom.